The van der Waals surface area contributed by atoms with Crippen molar-refractivity contribution in [2.45, 2.75) is 6.61 Å². The fraction of sp³-hybridized carbons (Fsp3) is 0.158. The highest BCUT2D eigenvalue weighted by Crippen LogP contribution is 2.29. The molecule has 1 amide bonds. The monoisotopic (exact) mass is 411 g/mol. The molecule has 148 valence electrons. The van der Waals surface area contributed by atoms with Crippen LogP contribution < -0.4 is 14.8 Å². The molecule has 28 heavy (non-hydrogen) atoms. The van der Waals surface area contributed by atoms with Crippen molar-refractivity contribution in [2.75, 3.05) is 19.0 Å². The van der Waals surface area contributed by atoms with Gasteiger partial charge in [0, 0.05) is 6.08 Å². The number of esters is 1. The van der Waals surface area contributed by atoms with Crippen molar-refractivity contribution in [1.29, 1.82) is 0 Å². The summed E-state index contributed by atoms with van der Waals surface area (Å²) in [5, 5.41) is 2.87. The molecular weight excluding hydrogens is 396 g/mol. The van der Waals surface area contributed by atoms with Crippen LogP contribution in [0.25, 0.3) is 6.08 Å². The average Bonchev–Trinajstić information content (AvgIpc) is 2.67. The zero-order chi connectivity index (χ0) is 20.5. The number of carbonyl (C=O) groups excluding carboxylic acids is 2. The predicted octanol–water partition coefficient (Wildman–Crippen LogP) is 4.15. The minimum absolute atomic E-state index is 0.0786. The van der Waals surface area contributed by atoms with Gasteiger partial charge in [0.1, 0.15) is 0 Å². The minimum atomic E-state index is -2.98. The number of rotatable bonds is 8. The summed E-state index contributed by atoms with van der Waals surface area (Å²) in [5.74, 6) is -1.37. The van der Waals surface area contributed by atoms with Crippen molar-refractivity contribution in [3.63, 3.8) is 0 Å². The van der Waals surface area contributed by atoms with E-state index in [9.17, 15) is 18.4 Å². The van der Waals surface area contributed by atoms with Crippen LogP contribution in [0, 0.1) is 0 Å². The molecule has 0 unspecified atom stereocenters. The van der Waals surface area contributed by atoms with Crippen molar-refractivity contribution in [3.05, 3.63) is 59.1 Å². The Balaban J connectivity index is 1.89. The number of methoxy groups -OCH3 is 1. The molecule has 0 aliphatic carbocycles. The first-order valence-electron chi connectivity index (χ1n) is 7.91. The van der Waals surface area contributed by atoms with Crippen LogP contribution >= 0.6 is 11.6 Å². The van der Waals surface area contributed by atoms with Gasteiger partial charge < -0.3 is 19.5 Å². The lowest BCUT2D eigenvalue weighted by molar-refractivity contribution is -0.142. The summed E-state index contributed by atoms with van der Waals surface area (Å²) in [6.07, 6.45) is 2.47. The van der Waals surface area contributed by atoms with Gasteiger partial charge in [-0.25, -0.2) is 4.79 Å². The molecule has 2 rings (SSSR count). The molecule has 2 aromatic carbocycles. The lowest BCUT2D eigenvalue weighted by atomic mass is 10.2. The molecule has 0 aromatic heterocycles. The Hall–Kier alpha value is -3.13. The van der Waals surface area contributed by atoms with Crippen molar-refractivity contribution >= 4 is 35.2 Å². The molecular formula is C19H16ClF2NO5. The Labute approximate surface area is 164 Å². The van der Waals surface area contributed by atoms with E-state index >= 15 is 0 Å². The van der Waals surface area contributed by atoms with E-state index < -0.39 is 25.1 Å². The van der Waals surface area contributed by atoms with E-state index in [1.54, 1.807) is 24.3 Å². The Morgan fingerprint density at radius 2 is 1.93 bits per heavy atom. The Morgan fingerprint density at radius 1 is 1.18 bits per heavy atom. The van der Waals surface area contributed by atoms with Gasteiger partial charge >= 0.3 is 12.6 Å². The molecule has 9 heteroatoms. The van der Waals surface area contributed by atoms with Gasteiger partial charge in [-0.2, -0.15) is 8.78 Å². The van der Waals surface area contributed by atoms with Crippen LogP contribution in [0.4, 0.5) is 14.5 Å². The summed E-state index contributed by atoms with van der Waals surface area (Å²) >= 11 is 5.92. The second-order valence-electron chi connectivity index (χ2n) is 5.26. The van der Waals surface area contributed by atoms with Gasteiger partial charge in [-0.05, 0) is 35.9 Å². The summed E-state index contributed by atoms with van der Waals surface area (Å²) in [7, 11) is 1.30. The normalized spacial score (nSPS) is 10.8. The van der Waals surface area contributed by atoms with Gasteiger partial charge in [-0.3, -0.25) is 4.79 Å². The zero-order valence-corrected chi connectivity index (χ0v) is 15.4. The van der Waals surface area contributed by atoms with Crippen LogP contribution in [-0.2, 0) is 14.3 Å². The number of benzene rings is 2. The topological polar surface area (TPSA) is 73.9 Å². The second kappa shape index (κ2) is 10.3. The maximum Gasteiger partial charge on any atom is 0.387 e. The van der Waals surface area contributed by atoms with E-state index in [1.807, 2.05) is 0 Å². The van der Waals surface area contributed by atoms with E-state index in [2.05, 4.69) is 10.1 Å². The van der Waals surface area contributed by atoms with Gasteiger partial charge in [0.25, 0.3) is 5.91 Å². The summed E-state index contributed by atoms with van der Waals surface area (Å²) in [4.78, 5) is 23.5. The molecule has 0 saturated heterocycles. The number of carbonyl (C=O) groups is 2. The number of hydrogen-bond acceptors (Lipinski definition) is 5. The molecule has 1 N–H and O–H groups in total. The molecule has 0 fully saturated rings. The first kappa shape index (κ1) is 21.2. The average molecular weight is 412 g/mol. The number of ether oxygens (including phenoxy) is 3. The van der Waals surface area contributed by atoms with Crippen LogP contribution in [0.2, 0.25) is 5.02 Å². The van der Waals surface area contributed by atoms with Gasteiger partial charge in [-0.1, -0.05) is 29.8 Å². The third-order valence-corrected chi connectivity index (χ3v) is 3.64. The lowest BCUT2D eigenvalue weighted by Gasteiger charge is -2.10. The van der Waals surface area contributed by atoms with Crippen LogP contribution in [0.5, 0.6) is 11.5 Å². The maximum absolute atomic E-state index is 12.3. The number of amides is 1. The van der Waals surface area contributed by atoms with E-state index in [-0.39, 0.29) is 11.5 Å². The third kappa shape index (κ3) is 6.55. The number of hydrogen-bond donors (Lipinski definition) is 1. The molecule has 0 bridgehead atoms. The lowest BCUT2D eigenvalue weighted by Crippen LogP contribution is -2.20. The largest absolute Gasteiger partial charge is 0.493 e. The van der Waals surface area contributed by atoms with Crippen LogP contribution in [0.3, 0.4) is 0 Å². The molecule has 0 heterocycles. The van der Waals surface area contributed by atoms with Crippen molar-refractivity contribution in [1.82, 2.24) is 0 Å². The number of alkyl halides is 2. The molecule has 0 spiro atoms. The van der Waals surface area contributed by atoms with Crippen molar-refractivity contribution in [2.24, 2.45) is 0 Å². The molecule has 0 saturated carbocycles. The molecule has 2 aromatic rings. The van der Waals surface area contributed by atoms with Gasteiger partial charge in [-0.15, -0.1) is 0 Å². The minimum Gasteiger partial charge on any atom is -0.493 e. The summed E-state index contributed by atoms with van der Waals surface area (Å²) in [6, 6.07) is 10.8. The van der Waals surface area contributed by atoms with E-state index in [4.69, 9.17) is 21.1 Å². The van der Waals surface area contributed by atoms with E-state index in [0.717, 1.165) is 6.08 Å². The molecule has 6 nitrogen and oxygen atoms in total. The van der Waals surface area contributed by atoms with Crippen LogP contribution in [0.1, 0.15) is 5.56 Å². The third-order valence-electron chi connectivity index (χ3n) is 3.31. The number of anilines is 1. The molecule has 0 aliphatic heterocycles. The smallest absolute Gasteiger partial charge is 0.387 e. The first-order chi connectivity index (χ1) is 13.4. The van der Waals surface area contributed by atoms with E-state index in [1.165, 1.54) is 31.4 Å². The number of nitrogens with one attached hydrogen (secondary N) is 1. The highest BCUT2D eigenvalue weighted by molar-refractivity contribution is 6.33. The predicted molar refractivity (Wildman–Crippen MR) is 99.7 cm³/mol. The Bertz CT molecular complexity index is 873. The highest BCUT2D eigenvalue weighted by atomic mass is 35.5. The summed E-state index contributed by atoms with van der Waals surface area (Å²) < 4.78 is 38.7. The fourth-order valence-corrected chi connectivity index (χ4v) is 2.26. The summed E-state index contributed by atoms with van der Waals surface area (Å²) in [5.41, 5.74) is 0.884. The summed E-state index contributed by atoms with van der Waals surface area (Å²) in [6.45, 7) is -3.49. The highest BCUT2D eigenvalue weighted by Gasteiger charge is 2.11. The number of halogens is 3. The second-order valence-corrected chi connectivity index (χ2v) is 5.67. The van der Waals surface area contributed by atoms with Crippen LogP contribution in [-0.4, -0.2) is 32.2 Å². The standard InChI is InChI=1S/C19H16ClF2NO5/c1-26-16-10-12(6-8-15(16)28-19(21)22)7-9-18(25)27-11-17(24)23-14-5-3-2-4-13(14)20/h2-10,19H,11H2,1H3,(H,23,24)/b9-7+. The quantitative estimate of drug-likeness (QED) is 0.522. The molecule has 0 atom stereocenters. The van der Waals surface area contributed by atoms with Gasteiger partial charge in [0.05, 0.1) is 17.8 Å². The van der Waals surface area contributed by atoms with E-state index in [0.29, 0.717) is 16.3 Å². The number of para-hydroxylation sites is 1. The van der Waals surface area contributed by atoms with Gasteiger partial charge in [0.15, 0.2) is 18.1 Å². The molecule has 0 aliphatic rings. The SMILES string of the molecule is COc1cc(/C=C/C(=O)OCC(=O)Nc2ccccc2Cl)ccc1OC(F)F. The maximum atomic E-state index is 12.3. The van der Waals surface area contributed by atoms with Gasteiger partial charge in [0.2, 0.25) is 0 Å². The van der Waals surface area contributed by atoms with Crippen LogP contribution in [0.15, 0.2) is 48.5 Å². The fourth-order valence-electron chi connectivity index (χ4n) is 2.08. The zero-order valence-electron chi connectivity index (χ0n) is 14.7. The Kier molecular flexibility index (Phi) is 7.76. The molecule has 0 radical (unpaired) electrons. The van der Waals surface area contributed by atoms with Crippen molar-refractivity contribution in [3.8, 4) is 11.5 Å². The first-order valence-corrected chi connectivity index (χ1v) is 8.29. The van der Waals surface area contributed by atoms with Crippen molar-refractivity contribution < 1.29 is 32.6 Å². The Morgan fingerprint density at radius 3 is 2.61 bits per heavy atom.